The zero-order valence-electron chi connectivity index (χ0n) is 2.02. The van der Waals surface area contributed by atoms with E-state index in [-0.39, 0.29) is 0 Å². The molecule has 2 nitrogen and oxygen atoms in total. The molecule has 0 aromatic carbocycles. The number of rotatable bonds is 1. The highest BCUT2D eigenvalue weighted by atomic mass is 31.2. The Bertz CT molecular complexity index is 42.9. The summed E-state index contributed by atoms with van der Waals surface area (Å²) in [5.41, 5.74) is 0. The van der Waals surface area contributed by atoms with Crippen LogP contribution in [0.25, 0.3) is 0 Å². The molecule has 5 heteroatoms. The highest BCUT2D eigenvalue weighted by Gasteiger charge is 2.14. The van der Waals surface area contributed by atoms with Crippen LogP contribution in [0.1, 0.15) is 0 Å². The lowest BCUT2D eigenvalue weighted by Gasteiger charge is -1.43. The van der Waals surface area contributed by atoms with Crippen LogP contribution < -0.4 is 0 Å². The summed E-state index contributed by atoms with van der Waals surface area (Å²) in [5, 5.41) is 0. The first-order valence-electron chi connectivity index (χ1n) is 0.688. The monoisotopic (exact) mass is 101 g/mol. The summed E-state index contributed by atoms with van der Waals surface area (Å²) in [6.45, 7) is 0. The van der Waals surface area contributed by atoms with Gasteiger partial charge in [0, 0.05) is 9.09 Å². The van der Waals surface area contributed by atoms with Crippen LogP contribution in [0.5, 0.6) is 0 Å². The Morgan fingerprint density at radius 2 is 2.00 bits per heavy atom. The third-order valence-corrected chi connectivity index (χ3v) is 0.163. The standard InChI is InChI=1S/F2O2P/c1-4-5(2)3/q+1. The Morgan fingerprint density at radius 1 is 1.80 bits per heavy atom. The van der Waals surface area contributed by atoms with Crippen molar-refractivity contribution in [3.63, 3.8) is 0 Å². The van der Waals surface area contributed by atoms with Crippen LogP contribution in [0.15, 0.2) is 0 Å². The second kappa shape index (κ2) is 2.18. The van der Waals surface area contributed by atoms with Crippen molar-refractivity contribution in [3.05, 3.63) is 0 Å². The highest BCUT2D eigenvalue weighted by Crippen LogP contribution is 2.21. The van der Waals surface area contributed by atoms with Crippen LogP contribution in [-0.2, 0) is 9.29 Å². The third kappa shape index (κ3) is 3.92. The quantitative estimate of drug-likeness (QED) is 0.468. The van der Waals surface area contributed by atoms with Gasteiger partial charge in [0.15, 0.2) is 0 Å². The molecule has 0 radical (unpaired) electrons. The fourth-order valence-electron chi connectivity index (χ4n) is 0. The van der Waals surface area contributed by atoms with Gasteiger partial charge in [0.05, 0.1) is 4.20 Å². The second-order valence-corrected chi connectivity index (χ2v) is 0.845. The van der Waals surface area contributed by atoms with Crippen LogP contribution in [0.4, 0.5) is 8.72 Å². The normalized spacial score (nSPS) is 11.2. The molecular formula is F2O2P+. The minimum atomic E-state index is -3.51. The van der Waals surface area contributed by atoms with Crippen molar-refractivity contribution in [2.45, 2.75) is 0 Å². The Kier molecular flexibility index (Phi) is 2.14. The summed E-state index contributed by atoms with van der Waals surface area (Å²) < 4.78 is 31.1. The largest absolute Gasteiger partial charge is 0.782 e. The van der Waals surface area contributed by atoms with E-state index in [2.05, 4.69) is 4.73 Å². The Morgan fingerprint density at radius 3 is 2.00 bits per heavy atom. The van der Waals surface area contributed by atoms with E-state index in [1.54, 1.807) is 0 Å². The lowest BCUT2D eigenvalue weighted by molar-refractivity contribution is -0.00319. The Hall–Kier alpha value is -0.0800. The minimum absolute atomic E-state index is 2.09. The van der Waals surface area contributed by atoms with E-state index in [1.807, 2.05) is 0 Å². The SMILES string of the molecule is O=[P+](F)OF. The van der Waals surface area contributed by atoms with Crippen LogP contribution in [0.2, 0.25) is 0 Å². The van der Waals surface area contributed by atoms with Gasteiger partial charge in [0.2, 0.25) is 0 Å². The summed E-state index contributed by atoms with van der Waals surface area (Å²) in [7, 11) is -3.51. The molecule has 0 amide bonds. The fraction of sp³-hybridized carbons (Fsp3) is 0. The first kappa shape index (κ1) is 4.92. The molecule has 0 rings (SSSR count). The molecule has 0 spiro atoms. The van der Waals surface area contributed by atoms with Crippen molar-refractivity contribution < 1.29 is 18.0 Å². The van der Waals surface area contributed by atoms with Crippen molar-refractivity contribution in [1.29, 1.82) is 0 Å². The molecule has 0 aliphatic carbocycles. The molecule has 5 heavy (non-hydrogen) atoms. The average molecular weight is 101 g/mol. The molecule has 0 bridgehead atoms. The maximum Gasteiger partial charge on any atom is 0.782 e. The molecule has 1 atom stereocenters. The van der Waals surface area contributed by atoms with E-state index >= 15 is 0 Å². The molecule has 0 aromatic rings. The van der Waals surface area contributed by atoms with Gasteiger partial charge >= 0.3 is 8.34 Å². The van der Waals surface area contributed by atoms with E-state index in [0.29, 0.717) is 0 Å². The van der Waals surface area contributed by atoms with Crippen LogP contribution >= 0.6 is 8.34 Å². The lowest BCUT2D eigenvalue weighted by atomic mass is 15.6. The third-order valence-electron chi connectivity index (χ3n) is 0.0543. The number of hydrogen-bond acceptors (Lipinski definition) is 2. The van der Waals surface area contributed by atoms with Crippen molar-refractivity contribution in [2.75, 3.05) is 0 Å². The zero-order valence-corrected chi connectivity index (χ0v) is 2.91. The Balaban J connectivity index is 2.85. The summed E-state index contributed by atoms with van der Waals surface area (Å²) in [4.78, 5) is 0. The van der Waals surface area contributed by atoms with Gasteiger partial charge in [-0.25, -0.2) is 0 Å². The van der Waals surface area contributed by atoms with Gasteiger partial charge in [0.25, 0.3) is 0 Å². The van der Waals surface area contributed by atoms with Gasteiger partial charge in [-0.3, -0.25) is 0 Å². The summed E-state index contributed by atoms with van der Waals surface area (Å²) >= 11 is 0. The summed E-state index contributed by atoms with van der Waals surface area (Å²) in [6.07, 6.45) is 0. The van der Waals surface area contributed by atoms with Gasteiger partial charge in [-0.1, -0.05) is 0 Å². The van der Waals surface area contributed by atoms with E-state index in [4.69, 9.17) is 4.57 Å². The second-order valence-electron chi connectivity index (χ2n) is 0.282. The maximum atomic E-state index is 10.3. The van der Waals surface area contributed by atoms with Crippen LogP contribution in [0.3, 0.4) is 0 Å². The topological polar surface area (TPSA) is 26.3 Å². The molecule has 0 N–H and O–H groups in total. The molecule has 0 saturated carbocycles. The van der Waals surface area contributed by atoms with E-state index in [0.717, 1.165) is 0 Å². The highest BCUT2D eigenvalue weighted by molar-refractivity contribution is 7.32. The molecule has 0 aliphatic rings. The summed E-state index contributed by atoms with van der Waals surface area (Å²) in [5.74, 6) is 0. The van der Waals surface area contributed by atoms with Crippen molar-refractivity contribution in [2.24, 2.45) is 0 Å². The maximum absolute atomic E-state index is 10.3. The molecule has 1 unspecified atom stereocenters. The van der Waals surface area contributed by atoms with Gasteiger partial charge in [-0.05, 0) is 0 Å². The smallest absolute Gasteiger partial charge is 0.00519 e. The molecule has 0 aromatic heterocycles. The van der Waals surface area contributed by atoms with E-state index < -0.39 is 8.34 Å². The predicted molar refractivity (Wildman–Crippen MR) is 10.9 cm³/mol. The molecule has 0 heterocycles. The number of hydrogen-bond donors (Lipinski definition) is 0. The molecule has 0 saturated heterocycles. The van der Waals surface area contributed by atoms with Gasteiger partial charge in [-0.2, -0.15) is 0 Å². The first-order chi connectivity index (χ1) is 2.27. The van der Waals surface area contributed by atoms with Crippen molar-refractivity contribution in [3.8, 4) is 0 Å². The number of halogens is 2. The van der Waals surface area contributed by atoms with Gasteiger partial charge in [0.1, 0.15) is 4.73 Å². The fourth-order valence-corrected chi connectivity index (χ4v) is 0. The molecular weight excluding hydrogens is 101 g/mol. The van der Waals surface area contributed by atoms with E-state index in [9.17, 15) is 8.72 Å². The predicted octanol–water partition coefficient (Wildman–Crippen LogP) is 1.51. The van der Waals surface area contributed by atoms with E-state index in [1.165, 1.54) is 0 Å². The van der Waals surface area contributed by atoms with Crippen molar-refractivity contribution in [1.82, 2.24) is 0 Å². The lowest BCUT2D eigenvalue weighted by Crippen LogP contribution is -1.39. The molecule has 30 valence electrons. The molecule has 0 fully saturated rings. The first-order valence-corrected chi connectivity index (χ1v) is 1.76. The van der Waals surface area contributed by atoms with Crippen molar-refractivity contribution >= 4 is 8.34 Å². The van der Waals surface area contributed by atoms with Gasteiger partial charge < -0.3 is 0 Å². The van der Waals surface area contributed by atoms with Crippen LogP contribution in [0, 0.1) is 0 Å². The molecule has 0 aliphatic heterocycles. The minimum Gasteiger partial charge on any atom is 0.00519 e. The van der Waals surface area contributed by atoms with Crippen LogP contribution in [-0.4, -0.2) is 0 Å². The average Bonchev–Trinajstić information content (AvgIpc) is 1.38. The Labute approximate surface area is 27.6 Å². The van der Waals surface area contributed by atoms with Gasteiger partial charge in [-0.15, -0.1) is 0 Å². The zero-order chi connectivity index (χ0) is 4.28. The summed E-state index contributed by atoms with van der Waals surface area (Å²) in [6, 6.07) is 0.